The zero-order chi connectivity index (χ0) is 12.7. The summed E-state index contributed by atoms with van der Waals surface area (Å²) in [6.07, 6.45) is 3.64. The van der Waals surface area contributed by atoms with E-state index in [0.29, 0.717) is 6.04 Å². The quantitative estimate of drug-likeness (QED) is 0.760. The molecule has 2 unspecified atom stereocenters. The summed E-state index contributed by atoms with van der Waals surface area (Å²) in [7, 11) is 0. The van der Waals surface area contributed by atoms with Crippen molar-refractivity contribution >= 4 is 10.9 Å². The van der Waals surface area contributed by atoms with Crippen LogP contribution in [-0.4, -0.2) is 22.2 Å². The molecule has 3 nitrogen and oxygen atoms in total. The molecule has 0 bridgehead atoms. The molecule has 0 radical (unpaired) electrons. The number of aryl methyl sites for hydroxylation is 1. The Bertz CT molecular complexity index is 559. The first-order valence-electron chi connectivity index (χ1n) is 6.70. The van der Waals surface area contributed by atoms with Gasteiger partial charge in [0.25, 0.3) is 0 Å². The third kappa shape index (κ3) is 1.84. The Morgan fingerprint density at radius 1 is 1.39 bits per heavy atom. The van der Waals surface area contributed by atoms with Crippen LogP contribution >= 0.6 is 0 Å². The Hall–Kier alpha value is -1.32. The standard InChI is InChI=1S/C15H20N2O/c1-9(2)17-13-7-6-10-8-16-12-5-3-4-11(14(10)12)15(13)18/h3-5,8-9,13,15-18H,6-7H2,1-2H3. The van der Waals surface area contributed by atoms with Crippen molar-refractivity contribution in [2.24, 2.45) is 0 Å². The summed E-state index contributed by atoms with van der Waals surface area (Å²) in [5.41, 5.74) is 3.51. The maximum absolute atomic E-state index is 10.6. The molecule has 0 saturated heterocycles. The molecule has 1 aliphatic carbocycles. The predicted octanol–water partition coefficient (Wildman–Crippen LogP) is 2.51. The van der Waals surface area contributed by atoms with E-state index < -0.39 is 6.10 Å². The summed E-state index contributed by atoms with van der Waals surface area (Å²) in [5, 5.41) is 15.3. The molecular formula is C15H20N2O. The van der Waals surface area contributed by atoms with Crippen LogP contribution in [0.4, 0.5) is 0 Å². The van der Waals surface area contributed by atoms with Crippen LogP contribution in [0.1, 0.15) is 37.5 Å². The summed E-state index contributed by atoms with van der Waals surface area (Å²) >= 11 is 0. The molecule has 3 heteroatoms. The first-order chi connectivity index (χ1) is 8.66. The highest BCUT2D eigenvalue weighted by atomic mass is 16.3. The Labute approximate surface area is 107 Å². The second kappa shape index (κ2) is 4.41. The van der Waals surface area contributed by atoms with Gasteiger partial charge in [0.1, 0.15) is 0 Å². The molecule has 0 saturated carbocycles. The minimum absolute atomic E-state index is 0.142. The van der Waals surface area contributed by atoms with Gasteiger partial charge in [0.05, 0.1) is 6.10 Å². The number of H-pyrrole nitrogens is 1. The minimum Gasteiger partial charge on any atom is -0.387 e. The molecule has 96 valence electrons. The van der Waals surface area contributed by atoms with Crippen molar-refractivity contribution in [1.82, 2.24) is 10.3 Å². The Kier molecular flexibility index (Phi) is 2.88. The van der Waals surface area contributed by atoms with Gasteiger partial charge in [0, 0.05) is 29.2 Å². The lowest BCUT2D eigenvalue weighted by molar-refractivity contribution is 0.122. The number of rotatable bonds is 2. The van der Waals surface area contributed by atoms with Gasteiger partial charge < -0.3 is 15.4 Å². The lowest BCUT2D eigenvalue weighted by atomic mass is 9.99. The number of aliphatic hydroxyl groups excluding tert-OH is 1. The third-order valence-electron chi connectivity index (χ3n) is 3.79. The lowest BCUT2D eigenvalue weighted by Crippen LogP contribution is -2.39. The monoisotopic (exact) mass is 244 g/mol. The van der Waals surface area contributed by atoms with Crippen LogP contribution in [0.5, 0.6) is 0 Å². The second-order valence-electron chi connectivity index (χ2n) is 5.50. The van der Waals surface area contributed by atoms with E-state index in [4.69, 9.17) is 0 Å². The molecular weight excluding hydrogens is 224 g/mol. The molecule has 2 aromatic rings. The van der Waals surface area contributed by atoms with Crippen LogP contribution < -0.4 is 5.32 Å². The number of nitrogens with one attached hydrogen (secondary N) is 2. The minimum atomic E-state index is -0.423. The smallest absolute Gasteiger partial charge is 0.0949 e. The van der Waals surface area contributed by atoms with E-state index in [9.17, 15) is 5.11 Å². The van der Waals surface area contributed by atoms with Crippen molar-refractivity contribution in [3.63, 3.8) is 0 Å². The van der Waals surface area contributed by atoms with Crippen LogP contribution in [0.3, 0.4) is 0 Å². The first kappa shape index (κ1) is 11.8. The van der Waals surface area contributed by atoms with E-state index >= 15 is 0 Å². The van der Waals surface area contributed by atoms with Gasteiger partial charge in [-0.3, -0.25) is 0 Å². The van der Waals surface area contributed by atoms with E-state index in [1.165, 1.54) is 10.9 Å². The van der Waals surface area contributed by atoms with Gasteiger partial charge in [0.2, 0.25) is 0 Å². The third-order valence-corrected chi connectivity index (χ3v) is 3.79. The van der Waals surface area contributed by atoms with Crippen LogP contribution in [0.2, 0.25) is 0 Å². The fourth-order valence-electron chi connectivity index (χ4n) is 3.02. The van der Waals surface area contributed by atoms with Gasteiger partial charge in [-0.05, 0) is 30.0 Å². The van der Waals surface area contributed by atoms with Crippen molar-refractivity contribution in [3.05, 3.63) is 35.5 Å². The number of aromatic amines is 1. The van der Waals surface area contributed by atoms with Crippen LogP contribution in [0, 0.1) is 0 Å². The van der Waals surface area contributed by atoms with E-state index in [0.717, 1.165) is 23.9 Å². The summed E-state index contributed by atoms with van der Waals surface area (Å²) in [5.74, 6) is 0. The topological polar surface area (TPSA) is 48.0 Å². The molecule has 0 amide bonds. The van der Waals surface area contributed by atoms with Crippen molar-refractivity contribution in [1.29, 1.82) is 0 Å². The average molecular weight is 244 g/mol. The van der Waals surface area contributed by atoms with Crippen molar-refractivity contribution in [3.8, 4) is 0 Å². The molecule has 3 rings (SSSR count). The van der Waals surface area contributed by atoms with Gasteiger partial charge in [-0.25, -0.2) is 0 Å². The second-order valence-corrected chi connectivity index (χ2v) is 5.50. The zero-order valence-electron chi connectivity index (χ0n) is 10.9. The number of hydrogen-bond acceptors (Lipinski definition) is 2. The van der Waals surface area contributed by atoms with Gasteiger partial charge in [-0.15, -0.1) is 0 Å². The molecule has 0 fully saturated rings. The highest BCUT2D eigenvalue weighted by Gasteiger charge is 2.27. The fraction of sp³-hybridized carbons (Fsp3) is 0.467. The molecule has 0 spiro atoms. The van der Waals surface area contributed by atoms with Crippen LogP contribution in [0.15, 0.2) is 24.4 Å². The molecule has 18 heavy (non-hydrogen) atoms. The summed E-state index contributed by atoms with van der Waals surface area (Å²) < 4.78 is 0. The zero-order valence-corrected chi connectivity index (χ0v) is 10.9. The van der Waals surface area contributed by atoms with Crippen LogP contribution in [0.25, 0.3) is 10.9 Å². The number of benzene rings is 1. The molecule has 1 aliphatic rings. The number of hydrogen-bond donors (Lipinski definition) is 3. The maximum atomic E-state index is 10.6. The van der Waals surface area contributed by atoms with E-state index in [1.54, 1.807) is 0 Å². The van der Waals surface area contributed by atoms with Gasteiger partial charge in [0.15, 0.2) is 0 Å². The molecule has 1 heterocycles. The number of aliphatic hydroxyl groups is 1. The normalized spacial score (nSPS) is 23.6. The SMILES string of the molecule is CC(C)NC1CCc2c[nH]c3cccc(c23)C1O. The van der Waals surface area contributed by atoms with Gasteiger partial charge >= 0.3 is 0 Å². The van der Waals surface area contributed by atoms with Crippen molar-refractivity contribution in [2.45, 2.75) is 44.9 Å². The van der Waals surface area contributed by atoms with Gasteiger partial charge in [-0.2, -0.15) is 0 Å². The predicted molar refractivity (Wildman–Crippen MR) is 73.6 cm³/mol. The Morgan fingerprint density at radius 2 is 2.22 bits per heavy atom. The molecule has 0 aliphatic heterocycles. The average Bonchev–Trinajstić information content (AvgIpc) is 2.70. The van der Waals surface area contributed by atoms with Crippen molar-refractivity contribution < 1.29 is 5.11 Å². The van der Waals surface area contributed by atoms with E-state index in [2.05, 4.69) is 36.4 Å². The number of aromatic nitrogens is 1. The Morgan fingerprint density at radius 3 is 3.00 bits per heavy atom. The summed E-state index contributed by atoms with van der Waals surface area (Å²) in [6, 6.07) is 6.67. The lowest BCUT2D eigenvalue weighted by Gasteiger charge is -2.25. The van der Waals surface area contributed by atoms with E-state index in [-0.39, 0.29) is 6.04 Å². The summed E-state index contributed by atoms with van der Waals surface area (Å²) in [4.78, 5) is 3.29. The highest BCUT2D eigenvalue weighted by Crippen LogP contribution is 2.34. The molecule has 2 atom stereocenters. The maximum Gasteiger partial charge on any atom is 0.0949 e. The van der Waals surface area contributed by atoms with Crippen molar-refractivity contribution in [2.75, 3.05) is 0 Å². The largest absolute Gasteiger partial charge is 0.387 e. The van der Waals surface area contributed by atoms with E-state index in [1.807, 2.05) is 12.1 Å². The Balaban J connectivity index is 2.06. The molecule has 3 N–H and O–H groups in total. The van der Waals surface area contributed by atoms with Gasteiger partial charge in [-0.1, -0.05) is 26.0 Å². The molecule has 1 aromatic heterocycles. The van der Waals surface area contributed by atoms with Crippen LogP contribution in [-0.2, 0) is 6.42 Å². The molecule has 1 aromatic carbocycles. The first-order valence-corrected chi connectivity index (χ1v) is 6.70. The fourth-order valence-corrected chi connectivity index (χ4v) is 3.02. The highest BCUT2D eigenvalue weighted by molar-refractivity contribution is 5.87. The summed E-state index contributed by atoms with van der Waals surface area (Å²) in [6.45, 7) is 4.25.